The molecule has 34 heavy (non-hydrogen) atoms. The average Bonchev–Trinajstić information content (AvgIpc) is 2.78. The van der Waals surface area contributed by atoms with E-state index in [0.717, 1.165) is 22.8 Å². The van der Waals surface area contributed by atoms with Crippen molar-refractivity contribution in [2.45, 2.75) is 48.3 Å². The van der Waals surface area contributed by atoms with Gasteiger partial charge in [-0.2, -0.15) is 40.8 Å². The first-order valence-corrected chi connectivity index (χ1v) is 10.1. The Morgan fingerprint density at radius 3 is 0.676 bits per heavy atom. The van der Waals surface area contributed by atoms with Gasteiger partial charge in [-0.25, -0.2) is 0 Å². The molecule has 177 valence electrons. The van der Waals surface area contributed by atoms with Gasteiger partial charge in [-0.05, 0) is 27.7 Å². The first-order valence-electron chi connectivity index (χ1n) is 8.49. The van der Waals surface area contributed by atoms with Crippen LogP contribution >= 0.6 is 0 Å². The predicted octanol–water partition coefficient (Wildman–Crippen LogP) is 0.338. The van der Waals surface area contributed by atoms with Gasteiger partial charge in [0.25, 0.3) is 0 Å². The molecule has 0 N–H and O–H groups in total. The summed E-state index contributed by atoms with van der Waals surface area (Å²) in [6.07, 6.45) is 6.37. The van der Waals surface area contributed by atoms with Gasteiger partial charge >= 0.3 is 36.5 Å². The maximum Gasteiger partial charge on any atom is 2.00 e. The zero-order valence-electron chi connectivity index (χ0n) is 18.3. The molecule has 4 aromatic heterocycles. The van der Waals surface area contributed by atoms with Crippen molar-refractivity contribution in [2.75, 3.05) is 0 Å². The molecule has 0 aliphatic rings. The third kappa shape index (κ3) is 17.5. The SMILES string of the molecule is Cc1cnc([S-])nn1.Cc1cnc([S-])nn1.Cc1cnc([S-])nn1.Cc1cnc([S-])nn1.[Cu+2].[Zn+2]. The molecule has 18 heteroatoms. The second kappa shape index (κ2) is 19.4. The van der Waals surface area contributed by atoms with Gasteiger partial charge < -0.3 is 50.5 Å². The zero-order chi connectivity index (χ0) is 23.9. The molecule has 0 fully saturated rings. The van der Waals surface area contributed by atoms with Crippen LogP contribution < -0.4 is 0 Å². The van der Waals surface area contributed by atoms with Crippen molar-refractivity contribution in [2.24, 2.45) is 0 Å². The fraction of sp³-hybridized carbons (Fsp3) is 0.250. The van der Waals surface area contributed by atoms with Crippen molar-refractivity contribution in [1.29, 1.82) is 0 Å². The van der Waals surface area contributed by atoms with E-state index >= 15 is 0 Å². The number of aromatic nitrogens is 12. The van der Waals surface area contributed by atoms with Gasteiger partial charge in [0.1, 0.15) is 0 Å². The maximum absolute atomic E-state index is 4.59. The Morgan fingerprint density at radius 1 is 0.412 bits per heavy atom. The minimum absolute atomic E-state index is 0. The molecule has 0 spiro atoms. The predicted molar refractivity (Wildman–Crippen MR) is 121 cm³/mol. The van der Waals surface area contributed by atoms with Crippen LogP contribution in [-0.4, -0.2) is 60.7 Å². The summed E-state index contributed by atoms with van der Waals surface area (Å²) >= 11 is 18.3. The molecule has 0 atom stereocenters. The summed E-state index contributed by atoms with van der Waals surface area (Å²) < 4.78 is 0. The van der Waals surface area contributed by atoms with E-state index in [1.54, 1.807) is 24.8 Å². The summed E-state index contributed by atoms with van der Waals surface area (Å²) in [6, 6.07) is 0. The van der Waals surface area contributed by atoms with Crippen LogP contribution in [0.1, 0.15) is 22.8 Å². The molecule has 12 nitrogen and oxygen atoms in total. The Kier molecular flexibility index (Phi) is 19.5. The van der Waals surface area contributed by atoms with E-state index in [9.17, 15) is 0 Å². The molecule has 0 aliphatic heterocycles. The Hall–Kier alpha value is -1.94. The monoisotopic (exact) mass is 631 g/mol. The van der Waals surface area contributed by atoms with Gasteiger partial charge in [-0.15, -0.1) is 0 Å². The van der Waals surface area contributed by atoms with Gasteiger partial charge in [0, 0.05) is 45.4 Å². The van der Waals surface area contributed by atoms with E-state index in [4.69, 9.17) is 0 Å². The fourth-order valence-electron chi connectivity index (χ4n) is 1.29. The zero-order valence-corrected chi connectivity index (χ0v) is 25.5. The third-order valence-corrected chi connectivity index (χ3v) is 3.37. The van der Waals surface area contributed by atoms with Crippen molar-refractivity contribution in [3.63, 3.8) is 0 Å². The summed E-state index contributed by atoms with van der Waals surface area (Å²) in [4.78, 5) is 14.9. The van der Waals surface area contributed by atoms with Crippen LogP contribution in [-0.2, 0) is 87.1 Å². The topological polar surface area (TPSA) is 155 Å². The van der Waals surface area contributed by atoms with Gasteiger partial charge in [0.05, 0.1) is 22.8 Å². The normalized spacial score (nSPS) is 8.59. The molecule has 4 rings (SSSR count). The number of rotatable bonds is 0. The summed E-state index contributed by atoms with van der Waals surface area (Å²) in [5, 5.41) is 30.0. The van der Waals surface area contributed by atoms with Crippen LogP contribution in [0.15, 0.2) is 45.4 Å². The minimum Gasteiger partial charge on any atom is -0.738 e. The molecular weight excluding hydrogens is 617 g/mol. The largest absolute Gasteiger partial charge is 2.00 e. The molecule has 0 amide bonds. The molecule has 0 bridgehead atoms. The first-order chi connectivity index (χ1) is 15.2. The van der Waals surface area contributed by atoms with Crippen molar-refractivity contribution in [3.05, 3.63) is 47.6 Å². The Bertz CT molecular complexity index is 788. The van der Waals surface area contributed by atoms with Crippen molar-refractivity contribution in [3.8, 4) is 0 Å². The summed E-state index contributed by atoms with van der Waals surface area (Å²) in [5.74, 6) is 0. The molecule has 0 aromatic carbocycles. The van der Waals surface area contributed by atoms with Crippen LogP contribution in [0.2, 0.25) is 0 Å². The van der Waals surface area contributed by atoms with Gasteiger partial charge in [0.15, 0.2) is 0 Å². The molecule has 0 saturated carbocycles. The standard InChI is InChI=1S/4C4H5N3S.Cu.Zn/c4*1-3-2-5-4(8)7-6-3;;/h4*2H,1H3,(H,5,7,8);;/q;;;;2*+2/p-4. The molecular formula is C16H16CuN12S4Zn. The average molecular weight is 634 g/mol. The van der Waals surface area contributed by atoms with Crippen LogP contribution in [0.5, 0.6) is 0 Å². The van der Waals surface area contributed by atoms with Crippen LogP contribution in [0, 0.1) is 27.7 Å². The second-order valence-electron chi connectivity index (χ2n) is 5.53. The van der Waals surface area contributed by atoms with E-state index in [1.807, 2.05) is 27.7 Å². The third-order valence-electron chi connectivity index (χ3n) is 2.62. The minimum atomic E-state index is 0. The maximum atomic E-state index is 4.59. The quantitative estimate of drug-likeness (QED) is 0.193. The smallest absolute Gasteiger partial charge is 0.738 e. The van der Waals surface area contributed by atoms with Crippen LogP contribution in [0.25, 0.3) is 0 Å². The fourth-order valence-corrected chi connectivity index (χ4v) is 1.66. The van der Waals surface area contributed by atoms with E-state index < -0.39 is 0 Å². The molecule has 0 aliphatic carbocycles. The number of hydrogen-bond donors (Lipinski definition) is 0. The van der Waals surface area contributed by atoms with Gasteiger partial charge in [0.2, 0.25) is 0 Å². The molecule has 0 saturated heterocycles. The Labute approximate surface area is 242 Å². The van der Waals surface area contributed by atoms with Gasteiger partial charge in [-0.3, -0.25) is 19.9 Å². The van der Waals surface area contributed by atoms with E-state index in [-0.39, 0.29) is 36.5 Å². The van der Waals surface area contributed by atoms with Gasteiger partial charge in [-0.1, -0.05) is 0 Å². The summed E-state index contributed by atoms with van der Waals surface area (Å²) in [5.41, 5.74) is 3.16. The molecule has 1 radical (unpaired) electrons. The first kappa shape index (κ1) is 34.2. The Balaban J connectivity index is 0. The number of aryl methyl sites for hydroxylation is 4. The Morgan fingerprint density at radius 2 is 0.588 bits per heavy atom. The number of nitrogens with zero attached hydrogens (tertiary/aromatic N) is 12. The van der Waals surface area contributed by atoms with Crippen LogP contribution in [0.4, 0.5) is 0 Å². The molecule has 4 aromatic rings. The van der Waals surface area contributed by atoms with Crippen molar-refractivity contribution < 1.29 is 36.5 Å². The number of hydrogen-bond acceptors (Lipinski definition) is 16. The van der Waals surface area contributed by atoms with Crippen LogP contribution in [0.3, 0.4) is 0 Å². The second-order valence-corrected chi connectivity index (χ2v) is 6.99. The van der Waals surface area contributed by atoms with E-state index in [1.165, 1.54) is 0 Å². The summed E-state index contributed by atoms with van der Waals surface area (Å²) in [7, 11) is 0. The molecule has 4 heterocycles. The molecule has 0 unspecified atom stereocenters. The van der Waals surface area contributed by atoms with E-state index in [0.29, 0.717) is 20.6 Å². The van der Waals surface area contributed by atoms with Crippen molar-refractivity contribution in [1.82, 2.24) is 60.7 Å². The van der Waals surface area contributed by atoms with Crippen molar-refractivity contribution >= 4 is 50.5 Å². The van der Waals surface area contributed by atoms with E-state index in [2.05, 4.69) is 111 Å². The summed E-state index contributed by atoms with van der Waals surface area (Å²) in [6.45, 7) is 7.26.